The van der Waals surface area contributed by atoms with Gasteiger partial charge in [0.2, 0.25) is 0 Å². The summed E-state index contributed by atoms with van der Waals surface area (Å²) in [6, 6.07) is 8.35. The fourth-order valence-electron chi connectivity index (χ4n) is 1.43. The Hall–Kier alpha value is -1.50. The molecule has 0 heterocycles. The maximum Gasteiger partial charge on any atom is 0.135 e. The van der Waals surface area contributed by atoms with E-state index >= 15 is 0 Å². The second-order valence-corrected chi connectivity index (χ2v) is 3.48. The molecule has 2 unspecified atom stereocenters. The minimum atomic E-state index is -1.81. The molecule has 4 heteroatoms. The van der Waals surface area contributed by atoms with Crippen LogP contribution >= 0.6 is 0 Å². The van der Waals surface area contributed by atoms with Crippen molar-refractivity contribution in [3.05, 3.63) is 35.4 Å². The Morgan fingerprint density at radius 2 is 1.88 bits per heavy atom. The average Bonchev–Trinajstić information content (AvgIpc) is 2.30. The smallest absolute Gasteiger partial charge is 0.135 e. The van der Waals surface area contributed by atoms with Crippen molar-refractivity contribution >= 4 is 0 Å². The number of alkyl halides is 3. The van der Waals surface area contributed by atoms with Gasteiger partial charge in [-0.1, -0.05) is 18.2 Å². The number of halogens is 3. The summed E-state index contributed by atoms with van der Waals surface area (Å²) in [6.07, 6.45) is -4.19. The molecule has 0 bridgehead atoms. The predicted molar refractivity (Wildman–Crippen MR) is 55.2 cm³/mol. The van der Waals surface area contributed by atoms with Crippen LogP contribution in [0.5, 0.6) is 0 Å². The molecule has 0 aliphatic rings. The molecule has 0 saturated carbocycles. The first kappa shape index (κ1) is 12.6. The molecule has 0 N–H and O–H groups in total. The normalized spacial score (nSPS) is 14.1. The molecule has 0 aliphatic heterocycles. The zero-order valence-corrected chi connectivity index (χ0v) is 8.67. The molecule has 0 aromatic heterocycles. The summed E-state index contributed by atoms with van der Waals surface area (Å²) in [5, 5.41) is 8.75. The highest BCUT2D eigenvalue weighted by Gasteiger charge is 2.21. The van der Waals surface area contributed by atoms with Gasteiger partial charge in [-0.05, 0) is 11.6 Å². The van der Waals surface area contributed by atoms with Gasteiger partial charge in [-0.15, -0.1) is 0 Å². The summed E-state index contributed by atoms with van der Waals surface area (Å²) in [6.45, 7) is -0.874. The highest BCUT2D eigenvalue weighted by atomic mass is 19.2. The lowest BCUT2D eigenvalue weighted by Crippen LogP contribution is -2.20. The Morgan fingerprint density at radius 3 is 2.50 bits per heavy atom. The van der Waals surface area contributed by atoms with Gasteiger partial charge in [0.1, 0.15) is 12.3 Å². The highest BCUT2D eigenvalue weighted by molar-refractivity contribution is 5.37. The van der Waals surface area contributed by atoms with Gasteiger partial charge in [0, 0.05) is 12.8 Å². The zero-order chi connectivity index (χ0) is 12.0. The third-order valence-corrected chi connectivity index (χ3v) is 2.33. The fourth-order valence-corrected chi connectivity index (χ4v) is 1.43. The van der Waals surface area contributed by atoms with E-state index in [1.165, 1.54) is 0 Å². The van der Waals surface area contributed by atoms with Crippen LogP contribution in [0, 0.1) is 11.3 Å². The Balaban J connectivity index is 2.69. The van der Waals surface area contributed by atoms with Crippen LogP contribution in [0.1, 0.15) is 17.5 Å². The summed E-state index contributed by atoms with van der Waals surface area (Å²) in [7, 11) is 0. The van der Waals surface area contributed by atoms with E-state index in [2.05, 4.69) is 0 Å². The lowest BCUT2D eigenvalue weighted by molar-refractivity contribution is 0.148. The number of nitriles is 1. The van der Waals surface area contributed by atoms with E-state index in [0.717, 1.165) is 0 Å². The Labute approximate surface area is 92.5 Å². The quantitative estimate of drug-likeness (QED) is 0.758. The van der Waals surface area contributed by atoms with Gasteiger partial charge in [0.25, 0.3) is 0 Å². The van der Waals surface area contributed by atoms with Crippen LogP contribution in [0.3, 0.4) is 0 Å². The van der Waals surface area contributed by atoms with Gasteiger partial charge in [-0.25, -0.2) is 8.78 Å². The third kappa shape index (κ3) is 3.27. The van der Waals surface area contributed by atoms with E-state index in [1.54, 1.807) is 24.3 Å². The Morgan fingerprint density at radius 1 is 1.19 bits per heavy atom. The van der Waals surface area contributed by atoms with E-state index in [1.807, 2.05) is 6.07 Å². The standard InChI is InChI=1S/C12H12F3N/c13-6-5-11(14)12(15)7-9-3-1-2-4-10(9)8-16/h1-4,11-12H,5-7H2. The van der Waals surface area contributed by atoms with Crippen LogP contribution in [0.15, 0.2) is 24.3 Å². The molecule has 86 valence electrons. The van der Waals surface area contributed by atoms with Gasteiger partial charge in [-0.3, -0.25) is 4.39 Å². The number of hydrogen-bond donors (Lipinski definition) is 0. The Kier molecular flexibility index (Phi) is 4.84. The first-order valence-corrected chi connectivity index (χ1v) is 5.01. The monoisotopic (exact) mass is 227 g/mol. The van der Waals surface area contributed by atoms with Crippen molar-refractivity contribution in [2.45, 2.75) is 25.2 Å². The van der Waals surface area contributed by atoms with Gasteiger partial charge in [-0.2, -0.15) is 5.26 Å². The van der Waals surface area contributed by atoms with Gasteiger partial charge < -0.3 is 0 Å². The van der Waals surface area contributed by atoms with Crippen molar-refractivity contribution in [1.29, 1.82) is 5.26 Å². The van der Waals surface area contributed by atoms with Crippen molar-refractivity contribution in [3.63, 3.8) is 0 Å². The number of nitrogens with zero attached hydrogens (tertiary/aromatic N) is 1. The molecular formula is C12H12F3N. The van der Waals surface area contributed by atoms with E-state index in [-0.39, 0.29) is 6.42 Å². The molecule has 0 aliphatic carbocycles. The topological polar surface area (TPSA) is 23.8 Å². The minimum absolute atomic E-state index is 0.190. The van der Waals surface area contributed by atoms with Crippen LogP contribution in [0.25, 0.3) is 0 Å². The second kappa shape index (κ2) is 6.16. The molecule has 1 rings (SSSR count). The summed E-state index contributed by atoms with van der Waals surface area (Å²) < 4.78 is 38.2. The second-order valence-electron chi connectivity index (χ2n) is 3.48. The number of hydrogen-bond acceptors (Lipinski definition) is 1. The van der Waals surface area contributed by atoms with Crippen molar-refractivity contribution in [2.75, 3.05) is 6.67 Å². The molecule has 0 spiro atoms. The molecule has 0 fully saturated rings. The molecule has 16 heavy (non-hydrogen) atoms. The molecule has 0 amide bonds. The molecule has 1 nitrogen and oxygen atoms in total. The minimum Gasteiger partial charge on any atom is -0.251 e. The average molecular weight is 227 g/mol. The van der Waals surface area contributed by atoms with Crippen LogP contribution in [-0.2, 0) is 6.42 Å². The molecule has 1 aromatic rings. The van der Waals surface area contributed by atoms with Crippen molar-refractivity contribution in [2.24, 2.45) is 0 Å². The first-order valence-electron chi connectivity index (χ1n) is 5.01. The molecule has 0 saturated heterocycles. The molecule has 2 atom stereocenters. The van der Waals surface area contributed by atoms with Crippen LogP contribution in [0.2, 0.25) is 0 Å². The largest absolute Gasteiger partial charge is 0.251 e. The summed E-state index contributed by atoms with van der Waals surface area (Å²) >= 11 is 0. The highest BCUT2D eigenvalue weighted by Crippen LogP contribution is 2.17. The van der Waals surface area contributed by atoms with E-state index < -0.39 is 25.4 Å². The summed E-state index contributed by atoms with van der Waals surface area (Å²) in [4.78, 5) is 0. The summed E-state index contributed by atoms with van der Waals surface area (Å²) in [5.74, 6) is 0. The first-order chi connectivity index (χ1) is 7.69. The fraction of sp³-hybridized carbons (Fsp3) is 0.417. The Bertz CT molecular complexity index is 373. The molecule has 0 radical (unpaired) electrons. The number of benzene rings is 1. The van der Waals surface area contributed by atoms with Crippen LogP contribution in [0.4, 0.5) is 13.2 Å². The molecular weight excluding hydrogens is 215 g/mol. The van der Waals surface area contributed by atoms with Gasteiger partial charge in [0.15, 0.2) is 0 Å². The van der Waals surface area contributed by atoms with Crippen molar-refractivity contribution in [3.8, 4) is 6.07 Å². The van der Waals surface area contributed by atoms with E-state index in [0.29, 0.717) is 11.1 Å². The maximum absolute atomic E-state index is 13.3. The van der Waals surface area contributed by atoms with Crippen LogP contribution in [-0.4, -0.2) is 19.0 Å². The van der Waals surface area contributed by atoms with E-state index in [9.17, 15) is 13.2 Å². The van der Waals surface area contributed by atoms with E-state index in [4.69, 9.17) is 5.26 Å². The van der Waals surface area contributed by atoms with Gasteiger partial charge in [0.05, 0.1) is 18.3 Å². The lowest BCUT2D eigenvalue weighted by Gasteiger charge is -2.12. The van der Waals surface area contributed by atoms with Crippen molar-refractivity contribution < 1.29 is 13.2 Å². The summed E-state index contributed by atoms with van der Waals surface area (Å²) in [5.41, 5.74) is 0.789. The molecule has 1 aromatic carbocycles. The van der Waals surface area contributed by atoms with Gasteiger partial charge >= 0.3 is 0 Å². The maximum atomic E-state index is 13.3. The predicted octanol–water partition coefficient (Wildman–Crippen LogP) is 3.14. The van der Waals surface area contributed by atoms with Crippen LogP contribution < -0.4 is 0 Å². The number of rotatable bonds is 5. The zero-order valence-electron chi connectivity index (χ0n) is 8.67. The third-order valence-electron chi connectivity index (χ3n) is 2.33. The lowest BCUT2D eigenvalue weighted by atomic mass is 10.00. The van der Waals surface area contributed by atoms with Crippen molar-refractivity contribution in [1.82, 2.24) is 0 Å². The SMILES string of the molecule is N#Cc1ccccc1CC(F)C(F)CCF.